The summed E-state index contributed by atoms with van der Waals surface area (Å²) in [6, 6.07) is 16.3. The largest absolute Gasteiger partial charge is 0.496 e. The van der Waals surface area contributed by atoms with Crippen molar-refractivity contribution in [3.63, 3.8) is 0 Å². The molecule has 0 radical (unpaired) electrons. The fraction of sp³-hybridized carbons (Fsp3) is 0.130. The van der Waals surface area contributed by atoms with Crippen LogP contribution in [0.3, 0.4) is 0 Å². The van der Waals surface area contributed by atoms with Gasteiger partial charge in [-0.05, 0) is 36.3 Å². The lowest BCUT2D eigenvalue weighted by Crippen LogP contribution is -2.47. The summed E-state index contributed by atoms with van der Waals surface area (Å²) < 4.78 is 5.41. The molecular weight excluding hydrogens is 446 g/mol. The Morgan fingerprint density at radius 1 is 1.09 bits per heavy atom. The third-order valence-electron chi connectivity index (χ3n) is 4.40. The lowest BCUT2D eigenvalue weighted by Gasteiger charge is -2.15. The number of amides is 3. The first-order valence-electron chi connectivity index (χ1n) is 9.60. The Hall–Kier alpha value is -3.43. The van der Waals surface area contributed by atoms with E-state index in [1.165, 1.54) is 12.0 Å². The summed E-state index contributed by atoms with van der Waals surface area (Å²) in [5, 5.41) is 0. The van der Waals surface area contributed by atoms with E-state index in [1.54, 1.807) is 30.3 Å². The zero-order valence-electron chi connectivity index (χ0n) is 17.5. The minimum Gasteiger partial charge on any atom is -0.496 e. The number of carbonyl (C=O) groups is 3. The number of ether oxygens (including phenoxy) is 1. The number of hydrogen-bond donors (Lipinski definition) is 2. The summed E-state index contributed by atoms with van der Waals surface area (Å²) in [6.45, 7) is 1.58. The highest BCUT2D eigenvalue weighted by Gasteiger charge is 2.33. The Labute approximate surface area is 195 Å². The van der Waals surface area contributed by atoms with Crippen molar-refractivity contribution >= 4 is 52.1 Å². The zero-order valence-corrected chi connectivity index (χ0v) is 19.1. The zero-order chi connectivity index (χ0) is 23.1. The quantitative estimate of drug-likeness (QED) is 0.385. The van der Waals surface area contributed by atoms with Crippen LogP contribution < -0.4 is 15.6 Å². The number of nitrogens with zero attached hydrogens (tertiary/aromatic N) is 1. The maximum Gasteiger partial charge on any atom is 0.273 e. The highest BCUT2D eigenvalue weighted by Crippen LogP contribution is 2.31. The number of hydrogen-bond acceptors (Lipinski definition) is 6. The van der Waals surface area contributed by atoms with Gasteiger partial charge in [0.2, 0.25) is 0 Å². The van der Waals surface area contributed by atoms with Crippen molar-refractivity contribution in [3.8, 4) is 5.75 Å². The SMILES string of the molecule is COc1ccccc1C(=O)NNC(=O)CN1C(=O)/C(=C/C(C)=C/c2ccccc2)SC1=S. The number of thioether (sulfide) groups is 1. The maximum atomic E-state index is 12.7. The monoisotopic (exact) mass is 467 g/mol. The molecule has 0 unspecified atom stereocenters. The molecule has 9 heteroatoms. The highest BCUT2D eigenvalue weighted by atomic mass is 32.2. The average Bonchev–Trinajstić information content (AvgIpc) is 3.05. The summed E-state index contributed by atoms with van der Waals surface area (Å²) >= 11 is 6.40. The van der Waals surface area contributed by atoms with Gasteiger partial charge in [0, 0.05) is 0 Å². The third-order valence-corrected chi connectivity index (χ3v) is 5.77. The Balaban J connectivity index is 1.59. The molecule has 3 rings (SSSR count). The number of benzene rings is 2. The van der Waals surface area contributed by atoms with Gasteiger partial charge in [-0.1, -0.05) is 72.5 Å². The predicted octanol–water partition coefficient (Wildman–Crippen LogP) is 3.30. The van der Waals surface area contributed by atoms with Crippen LogP contribution in [0.5, 0.6) is 5.75 Å². The number of para-hydroxylation sites is 1. The van der Waals surface area contributed by atoms with Crippen molar-refractivity contribution in [2.24, 2.45) is 0 Å². The van der Waals surface area contributed by atoms with Gasteiger partial charge in [-0.2, -0.15) is 0 Å². The Kier molecular flexibility index (Phi) is 7.80. The molecular formula is C23H21N3O4S2. The van der Waals surface area contributed by atoms with E-state index in [2.05, 4.69) is 10.9 Å². The molecule has 0 atom stereocenters. The molecule has 7 nitrogen and oxygen atoms in total. The summed E-state index contributed by atoms with van der Waals surface area (Å²) in [6.07, 6.45) is 3.69. The molecule has 32 heavy (non-hydrogen) atoms. The van der Waals surface area contributed by atoms with Crippen LogP contribution in [0, 0.1) is 0 Å². The van der Waals surface area contributed by atoms with Crippen LogP contribution in [-0.2, 0) is 9.59 Å². The molecule has 3 amide bonds. The number of methoxy groups -OCH3 is 1. The molecule has 2 aromatic rings. The van der Waals surface area contributed by atoms with Crippen LogP contribution in [-0.4, -0.2) is 40.6 Å². The van der Waals surface area contributed by atoms with Crippen molar-refractivity contribution in [1.29, 1.82) is 0 Å². The molecule has 0 saturated carbocycles. The molecule has 1 saturated heterocycles. The number of rotatable bonds is 6. The Morgan fingerprint density at radius 2 is 1.78 bits per heavy atom. The molecule has 1 aliphatic heterocycles. The van der Waals surface area contributed by atoms with Crippen LogP contribution in [0.1, 0.15) is 22.8 Å². The van der Waals surface area contributed by atoms with Gasteiger partial charge in [0.1, 0.15) is 16.6 Å². The van der Waals surface area contributed by atoms with Crippen LogP contribution >= 0.6 is 24.0 Å². The molecule has 164 valence electrons. The van der Waals surface area contributed by atoms with E-state index in [1.807, 2.05) is 43.3 Å². The minimum absolute atomic E-state index is 0.268. The molecule has 2 aromatic carbocycles. The molecule has 1 aliphatic rings. The van der Waals surface area contributed by atoms with E-state index >= 15 is 0 Å². The molecule has 0 spiro atoms. The van der Waals surface area contributed by atoms with Crippen molar-refractivity contribution in [2.75, 3.05) is 13.7 Å². The normalized spacial score (nSPS) is 15.1. The van der Waals surface area contributed by atoms with E-state index in [0.717, 1.165) is 22.9 Å². The summed E-state index contributed by atoms with van der Waals surface area (Å²) in [7, 11) is 1.45. The fourth-order valence-electron chi connectivity index (χ4n) is 2.91. The van der Waals surface area contributed by atoms with E-state index in [9.17, 15) is 14.4 Å². The highest BCUT2D eigenvalue weighted by molar-refractivity contribution is 8.26. The van der Waals surface area contributed by atoms with Crippen molar-refractivity contribution < 1.29 is 19.1 Å². The van der Waals surface area contributed by atoms with Crippen LogP contribution in [0.25, 0.3) is 6.08 Å². The molecule has 0 aliphatic carbocycles. The summed E-state index contributed by atoms with van der Waals surface area (Å²) in [5.41, 5.74) is 6.78. The number of allylic oxidation sites excluding steroid dienone is 2. The fourth-order valence-corrected chi connectivity index (χ4v) is 4.21. The smallest absolute Gasteiger partial charge is 0.273 e. The molecule has 1 heterocycles. The molecule has 2 N–H and O–H groups in total. The van der Waals surface area contributed by atoms with E-state index in [4.69, 9.17) is 17.0 Å². The van der Waals surface area contributed by atoms with Crippen molar-refractivity contribution in [3.05, 3.63) is 82.3 Å². The van der Waals surface area contributed by atoms with Gasteiger partial charge >= 0.3 is 0 Å². The number of thiocarbonyl (C=S) groups is 1. The van der Waals surface area contributed by atoms with Crippen molar-refractivity contribution in [1.82, 2.24) is 15.8 Å². The maximum absolute atomic E-state index is 12.7. The topological polar surface area (TPSA) is 87.7 Å². The first kappa shape index (κ1) is 23.2. The second-order valence-electron chi connectivity index (χ2n) is 6.77. The third kappa shape index (κ3) is 5.83. The van der Waals surface area contributed by atoms with E-state index in [0.29, 0.717) is 10.7 Å². The van der Waals surface area contributed by atoms with Crippen molar-refractivity contribution in [2.45, 2.75) is 6.92 Å². The van der Waals surface area contributed by atoms with Crippen LogP contribution in [0.4, 0.5) is 0 Å². The lowest BCUT2D eigenvalue weighted by atomic mass is 10.1. The summed E-state index contributed by atoms with van der Waals surface area (Å²) in [4.78, 5) is 38.9. The second kappa shape index (κ2) is 10.7. The van der Waals surface area contributed by atoms with Gasteiger partial charge in [-0.25, -0.2) is 0 Å². The molecule has 0 aromatic heterocycles. The second-order valence-corrected chi connectivity index (χ2v) is 8.45. The van der Waals surface area contributed by atoms with Gasteiger partial charge in [0.15, 0.2) is 0 Å². The number of carbonyl (C=O) groups excluding carboxylic acids is 3. The number of hydrazine groups is 1. The summed E-state index contributed by atoms with van der Waals surface area (Å²) in [5.74, 6) is -1.10. The Bertz CT molecular complexity index is 1110. The van der Waals surface area contributed by atoms with Gasteiger partial charge < -0.3 is 4.74 Å². The predicted molar refractivity (Wildman–Crippen MR) is 129 cm³/mol. The molecule has 0 bridgehead atoms. The van der Waals surface area contributed by atoms with Crippen LogP contribution in [0.2, 0.25) is 0 Å². The van der Waals surface area contributed by atoms with Gasteiger partial charge in [0.05, 0.1) is 17.6 Å². The van der Waals surface area contributed by atoms with Gasteiger partial charge in [-0.15, -0.1) is 0 Å². The number of nitrogens with one attached hydrogen (secondary N) is 2. The first-order chi connectivity index (χ1) is 15.4. The van der Waals surface area contributed by atoms with Gasteiger partial charge in [-0.3, -0.25) is 30.1 Å². The van der Waals surface area contributed by atoms with Crippen LogP contribution in [0.15, 0.2) is 71.2 Å². The van der Waals surface area contributed by atoms with E-state index < -0.39 is 11.8 Å². The minimum atomic E-state index is -0.581. The standard InChI is InChI=1S/C23H21N3O4S2/c1-15(12-16-8-4-3-5-9-16)13-19-22(29)26(23(31)32-19)14-20(27)24-25-21(28)17-10-6-7-11-18(17)30-2/h3-13H,14H2,1-2H3,(H,24,27)(H,25,28)/b15-12+,19-13-. The van der Waals surface area contributed by atoms with E-state index in [-0.39, 0.29) is 22.3 Å². The Morgan fingerprint density at radius 3 is 2.50 bits per heavy atom. The van der Waals surface area contributed by atoms with Gasteiger partial charge in [0.25, 0.3) is 17.7 Å². The average molecular weight is 468 g/mol. The first-order valence-corrected chi connectivity index (χ1v) is 10.8. The lowest BCUT2D eigenvalue weighted by molar-refractivity contribution is -0.129. The molecule has 1 fully saturated rings.